The SMILES string of the molecule is CCC(C)(C)CC1NCCOC12CCSCC2. The summed E-state index contributed by atoms with van der Waals surface area (Å²) in [7, 11) is 0. The lowest BCUT2D eigenvalue weighted by Gasteiger charge is -2.48. The molecule has 0 aliphatic carbocycles. The summed E-state index contributed by atoms with van der Waals surface area (Å²) >= 11 is 2.08. The molecule has 0 radical (unpaired) electrons. The number of hydrogen-bond acceptors (Lipinski definition) is 3. The van der Waals surface area contributed by atoms with Gasteiger partial charge in [0, 0.05) is 12.6 Å². The smallest absolute Gasteiger partial charge is 0.0851 e. The normalized spacial score (nSPS) is 29.5. The van der Waals surface area contributed by atoms with Crippen molar-refractivity contribution in [1.29, 1.82) is 0 Å². The summed E-state index contributed by atoms with van der Waals surface area (Å²) < 4.78 is 6.23. The van der Waals surface area contributed by atoms with Crippen LogP contribution >= 0.6 is 11.8 Å². The molecule has 2 fully saturated rings. The summed E-state index contributed by atoms with van der Waals surface area (Å²) in [6.45, 7) is 8.99. The van der Waals surface area contributed by atoms with Crippen LogP contribution in [0.4, 0.5) is 0 Å². The van der Waals surface area contributed by atoms with Crippen LogP contribution in [0.5, 0.6) is 0 Å². The second-order valence-electron chi connectivity index (χ2n) is 6.25. The predicted octanol–water partition coefficient (Wildman–Crippen LogP) is 3.07. The van der Waals surface area contributed by atoms with Gasteiger partial charge in [-0.2, -0.15) is 11.8 Å². The average molecular weight is 257 g/mol. The Labute approximate surface area is 110 Å². The second kappa shape index (κ2) is 5.50. The van der Waals surface area contributed by atoms with Gasteiger partial charge in [0.25, 0.3) is 0 Å². The van der Waals surface area contributed by atoms with Gasteiger partial charge < -0.3 is 10.1 Å². The molecule has 100 valence electrons. The van der Waals surface area contributed by atoms with E-state index in [4.69, 9.17) is 4.74 Å². The number of rotatable bonds is 3. The fraction of sp³-hybridized carbons (Fsp3) is 1.00. The van der Waals surface area contributed by atoms with Crippen molar-refractivity contribution < 1.29 is 4.74 Å². The molecule has 0 aromatic rings. The highest BCUT2D eigenvalue weighted by Gasteiger charge is 2.44. The highest BCUT2D eigenvalue weighted by molar-refractivity contribution is 7.99. The molecule has 2 aliphatic heterocycles. The molecule has 1 N–H and O–H groups in total. The van der Waals surface area contributed by atoms with Crippen LogP contribution in [0.2, 0.25) is 0 Å². The van der Waals surface area contributed by atoms with E-state index < -0.39 is 0 Å². The monoisotopic (exact) mass is 257 g/mol. The average Bonchev–Trinajstić information content (AvgIpc) is 2.33. The first-order valence-corrected chi connectivity index (χ1v) is 8.19. The van der Waals surface area contributed by atoms with Crippen LogP contribution < -0.4 is 5.32 Å². The van der Waals surface area contributed by atoms with Crippen LogP contribution in [0.3, 0.4) is 0 Å². The van der Waals surface area contributed by atoms with Gasteiger partial charge in [-0.15, -0.1) is 0 Å². The largest absolute Gasteiger partial charge is 0.372 e. The molecule has 0 amide bonds. The predicted molar refractivity (Wildman–Crippen MR) is 75.7 cm³/mol. The van der Waals surface area contributed by atoms with Crippen molar-refractivity contribution in [1.82, 2.24) is 5.32 Å². The Balaban J connectivity index is 2.06. The third-order valence-corrected chi connectivity index (χ3v) is 5.56. The van der Waals surface area contributed by atoms with Gasteiger partial charge in [0.2, 0.25) is 0 Å². The van der Waals surface area contributed by atoms with Crippen molar-refractivity contribution >= 4 is 11.8 Å². The molecule has 1 unspecified atom stereocenters. The lowest BCUT2D eigenvalue weighted by atomic mass is 9.75. The van der Waals surface area contributed by atoms with Gasteiger partial charge in [-0.25, -0.2) is 0 Å². The zero-order valence-electron chi connectivity index (χ0n) is 11.6. The van der Waals surface area contributed by atoms with E-state index in [0.29, 0.717) is 11.5 Å². The topological polar surface area (TPSA) is 21.3 Å². The zero-order chi connectivity index (χ0) is 12.4. The fourth-order valence-electron chi connectivity index (χ4n) is 2.94. The van der Waals surface area contributed by atoms with Gasteiger partial charge in [0.1, 0.15) is 0 Å². The van der Waals surface area contributed by atoms with E-state index >= 15 is 0 Å². The molecule has 2 rings (SSSR count). The van der Waals surface area contributed by atoms with Crippen LogP contribution in [0, 0.1) is 5.41 Å². The Morgan fingerprint density at radius 2 is 2.06 bits per heavy atom. The molecule has 3 heteroatoms. The number of morpholine rings is 1. The molecule has 2 saturated heterocycles. The standard InChI is InChI=1S/C14H27NOS/c1-4-13(2,3)11-12-14(16-8-7-15-12)5-9-17-10-6-14/h12,15H,4-11H2,1-3H3. The zero-order valence-corrected chi connectivity index (χ0v) is 12.4. The first-order chi connectivity index (χ1) is 8.08. The summed E-state index contributed by atoms with van der Waals surface area (Å²) in [5, 5.41) is 3.74. The van der Waals surface area contributed by atoms with Gasteiger partial charge in [0.15, 0.2) is 0 Å². The Hall–Kier alpha value is 0.270. The number of nitrogens with one attached hydrogen (secondary N) is 1. The van der Waals surface area contributed by atoms with Crippen LogP contribution in [-0.4, -0.2) is 36.3 Å². The number of thioether (sulfide) groups is 1. The van der Waals surface area contributed by atoms with E-state index in [0.717, 1.165) is 13.2 Å². The minimum atomic E-state index is 0.149. The molecule has 17 heavy (non-hydrogen) atoms. The molecule has 2 heterocycles. The highest BCUT2D eigenvalue weighted by atomic mass is 32.2. The first-order valence-electron chi connectivity index (χ1n) is 7.03. The lowest BCUT2D eigenvalue weighted by Crippen LogP contribution is -2.60. The molecule has 0 bridgehead atoms. The maximum Gasteiger partial charge on any atom is 0.0851 e. The maximum atomic E-state index is 6.23. The van der Waals surface area contributed by atoms with Crippen molar-refractivity contribution in [2.45, 2.75) is 58.1 Å². The molecule has 0 aromatic heterocycles. The Morgan fingerprint density at radius 3 is 2.71 bits per heavy atom. The summed E-state index contributed by atoms with van der Waals surface area (Å²) in [4.78, 5) is 0. The Morgan fingerprint density at radius 1 is 1.35 bits per heavy atom. The minimum absolute atomic E-state index is 0.149. The van der Waals surface area contributed by atoms with E-state index in [1.54, 1.807) is 0 Å². The fourth-order valence-corrected chi connectivity index (χ4v) is 4.12. The van der Waals surface area contributed by atoms with Crippen molar-refractivity contribution in [2.75, 3.05) is 24.7 Å². The number of ether oxygens (including phenoxy) is 1. The molecule has 1 spiro atoms. The van der Waals surface area contributed by atoms with Gasteiger partial charge in [0.05, 0.1) is 12.2 Å². The third-order valence-electron chi connectivity index (χ3n) is 4.57. The van der Waals surface area contributed by atoms with E-state index in [2.05, 4.69) is 37.8 Å². The van der Waals surface area contributed by atoms with E-state index in [1.807, 2.05) is 0 Å². The molecule has 0 saturated carbocycles. The van der Waals surface area contributed by atoms with Gasteiger partial charge >= 0.3 is 0 Å². The van der Waals surface area contributed by atoms with E-state index in [9.17, 15) is 0 Å². The molecule has 1 atom stereocenters. The van der Waals surface area contributed by atoms with Gasteiger partial charge in [-0.3, -0.25) is 0 Å². The third kappa shape index (κ3) is 3.18. The Kier molecular flexibility index (Phi) is 4.43. The summed E-state index contributed by atoms with van der Waals surface area (Å²) in [6.07, 6.45) is 4.95. The van der Waals surface area contributed by atoms with Crippen LogP contribution in [0.1, 0.15) is 46.5 Å². The molecular weight excluding hydrogens is 230 g/mol. The lowest BCUT2D eigenvalue weighted by molar-refractivity contribution is -0.110. The molecule has 0 aromatic carbocycles. The minimum Gasteiger partial charge on any atom is -0.372 e. The van der Waals surface area contributed by atoms with Crippen molar-refractivity contribution in [2.24, 2.45) is 5.41 Å². The summed E-state index contributed by atoms with van der Waals surface area (Å²) in [5.74, 6) is 2.54. The maximum absolute atomic E-state index is 6.23. The van der Waals surface area contributed by atoms with Crippen LogP contribution in [0.25, 0.3) is 0 Å². The molecule has 2 aliphatic rings. The van der Waals surface area contributed by atoms with Gasteiger partial charge in [-0.05, 0) is 36.2 Å². The van der Waals surface area contributed by atoms with Gasteiger partial charge in [-0.1, -0.05) is 27.2 Å². The summed E-state index contributed by atoms with van der Waals surface area (Å²) in [5.41, 5.74) is 0.575. The van der Waals surface area contributed by atoms with E-state index in [-0.39, 0.29) is 5.60 Å². The van der Waals surface area contributed by atoms with Crippen LogP contribution in [-0.2, 0) is 4.74 Å². The van der Waals surface area contributed by atoms with E-state index in [1.165, 1.54) is 37.2 Å². The van der Waals surface area contributed by atoms with Crippen molar-refractivity contribution in [3.63, 3.8) is 0 Å². The molecule has 2 nitrogen and oxygen atoms in total. The van der Waals surface area contributed by atoms with Crippen molar-refractivity contribution in [3.8, 4) is 0 Å². The van der Waals surface area contributed by atoms with Crippen molar-refractivity contribution in [3.05, 3.63) is 0 Å². The molecular formula is C14H27NOS. The number of hydrogen-bond donors (Lipinski definition) is 1. The first kappa shape index (κ1) is 13.7. The highest BCUT2D eigenvalue weighted by Crippen LogP contribution is 2.40. The second-order valence-corrected chi connectivity index (χ2v) is 7.48. The van der Waals surface area contributed by atoms with Crippen LogP contribution in [0.15, 0.2) is 0 Å². The summed E-state index contributed by atoms with van der Waals surface area (Å²) in [6, 6.07) is 0.562. The quantitative estimate of drug-likeness (QED) is 0.839. The Bertz CT molecular complexity index is 240.